The standard InChI is InChI=1S/C12H16ClNO3/c1-8-3-4-10(11(13)5-8)12(16)14-6-9(15)7-17-2/h3-5,9,15H,6-7H2,1-2H3,(H,14,16). The van der Waals surface area contributed by atoms with E-state index in [1.54, 1.807) is 12.1 Å². The van der Waals surface area contributed by atoms with Crippen LogP contribution in [-0.4, -0.2) is 37.4 Å². The zero-order valence-electron chi connectivity index (χ0n) is 9.87. The summed E-state index contributed by atoms with van der Waals surface area (Å²) < 4.78 is 4.75. The number of hydrogen-bond acceptors (Lipinski definition) is 3. The number of aliphatic hydroxyl groups is 1. The molecule has 0 spiro atoms. The summed E-state index contributed by atoms with van der Waals surface area (Å²) in [6.45, 7) is 2.22. The topological polar surface area (TPSA) is 58.6 Å². The van der Waals surface area contributed by atoms with Crippen molar-refractivity contribution in [2.24, 2.45) is 0 Å². The van der Waals surface area contributed by atoms with Gasteiger partial charge in [-0.05, 0) is 24.6 Å². The predicted octanol–water partition coefficient (Wildman–Crippen LogP) is 1.39. The molecule has 0 aliphatic rings. The smallest absolute Gasteiger partial charge is 0.252 e. The summed E-state index contributed by atoms with van der Waals surface area (Å²) in [5.41, 5.74) is 1.40. The monoisotopic (exact) mass is 257 g/mol. The number of aliphatic hydroxyl groups excluding tert-OH is 1. The summed E-state index contributed by atoms with van der Waals surface area (Å²) in [5, 5.41) is 12.4. The van der Waals surface area contributed by atoms with Crippen molar-refractivity contribution in [1.82, 2.24) is 5.32 Å². The fourth-order valence-electron chi connectivity index (χ4n) is 1.36. The third-order valence-corrected chi connectivity index (χ3v) is 2.54. The first-order valence-corrected chi connectivity index (χ1v) is 5.63. The van der Waals surface area contributed by atoms with Crippen molar-refractivity contribution in [2.45, 2.75) is 13.0 Å². The van der Waals surface area contributed by atoms with Gasteiger partial charge in [0, 0.05) is 13.7 Å². The highest BCUT2D eigenvalue weighted by Gasteiger charge is 2.11. The Bertz CT molecular complexity index is 395. The van der Waals surface area contributed by atoms with Gasteiger partial charge < -0.3 is 15.2 Å². The molecule has 0 heterocycles. The number of halogens is 1. The highest BCUT2D eigenvalue weighted by atomic mass is 35.5. The molecule has 1 unspecified atom stereocenters. The lowest BCUT2D eigenvalue weighted by molar-refractivity contribution is 0.0610. The second kappa shape index (κ2) is 6.59. The Balaban J connectivity index is 2.58. The molecule has 0 aliphatic heterocycles. The molecule has 17 heavy (non-hydrogen) atoms. The van der Waals surface area contributed by atoms with Crippen molar-refractivity contribution in [1.29, 1.82) is 0 Å². The summed E-state index contributed by atoms with van der Waals surface area (Å²) in [6, 6.07) is 5.20. The van der Waals surface area contributed by atoms with Crippen LogP contribution in [0.15, 0.2) is 18.2 Å². The molecule has 0 saturated heterocycles. The number of amides is 1. The highest BCUT2D eigenvalue weighted by molar-refractivity contribution is 6.33. The normalized spacial score (nSPS) is 12.2. The number of aryl methyl sites for hydroxylation is 1. The minimum Gasteiger partial charge on any atom is -0.389 e. The Morgan fingerprint density at radius 3 is 2.88 bits per heavy atom. The number of benzene rings is 1. The minimum absolute atomic E-state index is 0.136. The van der Waals surface area contributed by atoms with Crippen molar-refractivity contribution < 1.29 is 14.6 Å². The molecular weight excluding hydrogens is 242 g/mol. The van der Waals surface area contributed by atoms with Gasteiger partial charge in [0.25, 0.3) is 5.91 Å². The van der Waals surface area contributed by atoms with Crippen LogP contribution in [0.3, 0.4) is 0 Å². The SMILES string of the molecule is COCC(O)CNC(=O)c1ccc(C)cc1Cl. The van der Waals surface area contributed by atoms with Gasteiger partial charge in [0.2, 0.25) is 0 Å². The average molecular weight is 258 g/mol. The summed E-state index contributed by atoms with van der Waals surface area (Å²) in [5.74, 6) is -0.301. The van der Waals surface area contributed by atoms with Crippen LogP contribution in [0, 0.1) is 6.92 Å². The first kappa shape index (κ1) is 14.0. The number of rotatable bonds is 5. The van der Waals surface area contributed by atoms with Crippen molar-refractivity contribution in [3.8, 4) is 0 Å². The molecule has 0 bridgehead atoms. The van der Waals surface area contributed by atoms with Gasteiger partial charge in [0.15, 0.2) is 0 Å². The lowest BCUT2D eigenvalue weighted by Gasteiger charge is -2.11. The number of carbonyl (C=O) groups excluding carboxylic acids is 1. The second-order valence-corrected chi connectivity index (χ2v) is 4.21. The highest BCUT2D eigenvalue weighted by Crippen LogP contribution is 2.17. The summed E-state index contributed by atoms with van der Waals surface area (Å²) >= 11 is 5.95. The summed E-state index contributed by atoms with van der Waals surface area (Å²) in [7, 11) is 1.49. The van der Waals surface area contributed by atoms with Gasteiger partial charge in [-0.3, -0.25) is 4.79 Å². The van der Waals surface area contributed by atoms with Crippen molar-refractivity contribution in [3.05, 3.63) is 34.3 Å². The number of carbonyl (C=O) groups is 1. The average Bonchev–Trinajstić information content (AvgIpc) is 2.26. The van der Waals surface area contributed by atoms with Crippen molar-refractivity contribution in [2.75, 3.05) is 20.3 Å². The van der Waals surface area contributed by atoms with Crippen LogP contribution >= 0.6 is 11.6 Å². The number of methoxy groups -OCH3 is 1. The molecule has 1 aromatic carbocycles. The molecule has 94 valence electrons. The fourth-order valence-corrected chi connectivity index (χ4v) is 1.68. The van der Waals surface area contributed by atoms with Crippen molar-refractivity contribution in [3.63, 3.8) is 0 Å². The molecule has 1 aromatic rings. The Hall–Kier alpha value is -1.10. The van der Waals surface area contributed by atoms with E-state index in [0.717, 1.165) is 5.56 Å². The van der Waals surface area contributed by atoms with Crippen LogP contribution in [0.1, 0.15) is 15.9 Å². The molecule has 5 heteroatoms. The van der Waals surface area contributed by atoms with Crippen LogP contribution in [-0.2, 0) is 4.74 Å². The van der Waals surface area contributed by atoms with E-state index >= 15 is 0 Å². The first-order valence-electron chi connectivity index (χ1n) is 5.26. The van der Waals surface area contributed by atoms with Gasteiger partial charge in [0.05, 0.1) is 23.3 Å². The van der Waals surface area contributed by atoms with E-state index in [1.165, 1.54) is 7.11 Å². The van der Waals surface area contributed by atoms with Crippen LogP contribution in [0.5, 0.6) is 0 Å². The van der Waals surface area contributed by atoms with Gasteiger partial charge in [-0.1, -0.05) is 17.7 Å². The lowest BCUT2D eigenvalue weighted by atomic mass is 10.1. The summed E-state index contributed by atoms with van der Waals surface area (Å²) in [4.78, 5) is 11.7. The quantitative estimate of drug-likeness (QED) is 0.838. The maximum Gasteiger partial charge on any atom is 0.252 e. The van der Waals surface area contributed by atoms with Gasteiger partial charge in [-0.2, -0.15) is 0 Å². The Morgan fingerprint density at radius 2 is 2.29 bits per heavy atom. The molecule has 1 rings (SSSR count). The molecular formula is C12H16ClNO3. The zero-order chi connectivity index (χ0) is 12.8. The largest absolute Gasteiger partial charge is 0.389 e. The maximum absolute atomic E-state index is 11.7. The molecule has 0 aromatic heterocycles. The van der Waals surface area contributed by atoms with E-state index in [-0.39, 0.29) is 19.1 Å². The minimum atomic E-state index is -0.715. The van der Waals surface area contributed by atoms with E-state index in [9.17, 15) is 9.90 Å². The molecule has 0 fully saturated rings. The fraction of sp³-hybridized carbons (Fsp3) is 0.417. The van der Waals surface area contributed by atoms with E-state index < -0.39 is 6.10 Å². The summed E-state index contributed by atoms with van der Waals surface area (Å²) in [6.07, 6.45) is -0.715. The third-order valence-electron chi connectivity index (χ3n) is 2.23. The molecule has 2 N–H and O–H groups in total. The molecule has 1 atom stereocenters. The lowest BCUT2D eigenvalue weighted by Crippen LogP contribution is -2.34. The Kier molecular flexibility index (Phi) is 5.41. The zero-order valence-corrected chi connectivity index (χ0v) is 10.6. The maximum atomic E-state index is 11.7. The Labute approximate surface area is 106 Å². The number of hydrogen-bond donors (Lipinski definition) is 2. The Morgan fingerprint density at radius 1 is 1.59 bits per heavy atom. The number of nitrogens with one attached hydrogen (secondary N) is 1. The van der Waals surface area contributed by atoms with Crippen LogP contribution in [0.4, 0.5) is 0 Å². The number of ether oxygens (including phenoxy) is 1. The van der Waals surface area contributed by atoms with Crippen LogP contribution in [0.25, 0.3) is 0 Å². The third kappa shape index (κ3) is 4.34. The molecule has 0 saturated carbocycles. The van der Waals surface area contributed by atoms with Gasteiger partial charge in [-0.25, -0.2) is 0 Å². The molecule has 0 aliphatic carbocycles. The molecule has 1 amide bonds. The van der Waals surface area contributed by atoms with Gasteiger partial charge >= 0.3 is 0 Å². The van der Waals surface area contributed by atoms with E-state index in [2.05, 4.69) is 5.32 Å². The molecule has 4 nitrogen and oxygen atoms in total. The van der Waals surface area contributed by atoms with Gasteiger partial charge in [-0.15, -0.1) is 0 Å². The predicted molar refractivity (Wildman–Crippen MR) is 66.4 cm³/mol. The van der Waals surface area contributed by atoms with Crippen molar-refractivity contribution >= 4 is 17.5 Å². The van der Waals surface area contributed by atoms with E-state index in [0.29, 0.717) is 10.6 Å². The van der Waals surface area contributed by atoms with E-state index in [1.807, 2.05) is 13.0 Å². The second-order valence-electron chi connectivity index (χ2n) is 3.80. The first-order chi connectivity index (χ1) is 8.04. The van der Waals surface area contributed by atoms with Gasteiger partial charge in [0.1, 0.15) is 0 Å². The molecule has 0 radical (unpaired) electrons. The van der Waals surface area contributed by atoms with E-state index in [4.69, 9.17) is 16.3 Å². The van der Waals surface area contributed by atoms with Crippen LogP contribution in [0.2, 0.25) is 5.02 Å². The van der Waals surface area contributed by atoms with Crippen LogP contribution < -0.4 is 5.32 Å².